The largest absolute Gasteiger partial charge is 0.329 e. The Bertz CT molecular complexity index is 162. The van der Waals surface area contributed by atoms with Gasteiger partial charge in [0.2, 0.25) is 0 Å². The van der Waals surface area contributed by atoms with Gasteiger partial charge in [-0.1, -0.05) is 0 Å². The van der Waals surface area contributed by atoms with Crippen molar-refractivity contribution in [3.63, 3.8) is 0 Å². The summed E-state index contributed by atoms with van der Waals surface area (Å²) in [6, 6.07) is 0.506. The van der Waals surface area contributed by atoms with Crippen LogP contribution in [0.5, 0.6) is 0 Å². The summed E-state index contributed by atoms with van der Waals surface area (Å²) >= 11 is 0. The van der Waals surface area contributed by atoms with Gasteiger partial charge in [-0.05, 0) is 21.1 Å². The van der Waals surface area contributed by atoms with Crippen molar-refractivity contribution in [1.82, 2.24) is 14.7 Å². The lowest BCUT2D eigenvalue weighted by Crippen LogP contribution is -2.46. The minimum Gasteiger partial charge on any atom is -0.329 e. The molecule has 84 valence electrons. The number of nitrogens with two attached hydrogens (primary N) is 1. The lowest BCUT2D eigenvalue weighted by molar-refractivity contribution is 0.197. The molecular formula is C10H24N4. The maximum Gasteiger partial charge on any atom is 0.0343 e. The lowest BCUT2D eigenvalue weighted by atomic mass is 10.2. The van der Waals surface area contributed by atoms with Crippen molar-refractivity contribution in [3.05, 3.63) is 0 Å². The molecule has 0 aliphatic carbocycles. The first-order valence-corrected chi connectivity index (χ1v) is 5.41. The van der Waals surface area contributed by atoms with E-state index in [-0.39, 0.29) is 0 Å². The number of hydrogen-bond donors (Lipinski definition) is 1. The molecule has 1 saturated heterocycles. The molecule has 1 aliphatic rings. The van der Waals surface area contributed by atoms with Crippen LogP contribution in [0, 0.1) is 0 Å². The minimum absolute atomic E-state index is 0.506. The zero-order valence-electron chi connectivity index (χ0n) is 9.74. The summed E-state index contributed by atoms with van der Waals surface area (Å²) < 4.78 is 0. The summed E-state index contributed by atoms with van der Waals surface area (Å²) in [5.41, 5.74) is 5.78. The van der Waals surface area contributed by atoms with Gasteiger partial charge in [0.25, 0.3) is 0 Å². The van der Waals surface area contributed by atoms with Crippen LogP contribution in [0.4, 0.5) is 0 Å². The third-order valence-electron chi connectivity index (χ3n) is 3.12. The van der Waals surface area contributed by atoms with Gasteiger partial charge >= 0.3 is 0 Å². The smallest absolute Gasteiger partial charge is 0.0343 e. The highest BCUT2D eigenvalue weighted by atomic mass is 15.3. The van der Waals surface area contributed by atoms with Gasteiger partial charge in [0.1, 0.15) is 0 Å². The lowest BCUT2D eigenvalue weighted by Gasteiger charge is -2.29. The third-order valence-corrected chi connectivity index (χ3v) is 3.12. The van der Waals surface area contributed by atoms with Gasteiger partial charge < -0.3 is 15.5 Å². The van der Waals surface area contributed by atoms with Crippen LogP contribution in [0.2, 0.25) is 0 Å². The van der Waals surface area contributed by atoms with E-state index in [1.54, 1.807) is 0 Å². The van der Waals surface area contributed by atoms with E-state index in [2.05, 4.69) is 35.8 Å². The fraction of sp³-hybridized carbons (Fsp3) is 1.00. The molecule has 4 nitrogen and oxygen atoms in total. The van der Waals surface area contributed by atoms with Crippen molar-refractivity contribution in [2.24, 2.45) is 5.73 Å². The van der Waals surface area contributed by atoms with Gasteiger partial charge in [-0.2, -0.15) is 0 Å². The molecule has 14 heavy (non-hydrogen) atoms. The second-order valence-corrected chi connectivity index (χ2v) is 4.44. The number of nitrogens with zero attached hydrogens (tertiary/aromatic N) is 3. The van der Waals surface area contributed by atoms with Gasteiger partial charge in [0, 0.05) is 45.3 Å². The third kappa shape index (κ3) is 3.53. The van der Waals surface area contributed by atoms with Crippen LogP contribution in [0.15, 0.2) is 0 Å². The van der Waals surface area contributed by atoms with E-state index in [9.17, 15) is 0 Å². The molecule has 1 heterocycles. The summed E-state index contributed by atoms with van der Waals surface area (Å²) in [5.74, 6) is 0. The van der Waals surface area contributed by atoms with Crippen molar-refractivity contribution in [1.29, 1.82) is 0 Å². The summed E-state index contributed by atoms with van der Waals surface area (Å²) in [5, 5.41) is 0. The fourth-order valence-electron chi connectivity index (χ4n) is 1.81. The van der Waals surface area contributed by atoms with E-state index in [4.69, 9.17) is 5.73 Å². The Morgan fingerprint density at radius 1 is 1.00 bits per heavy atom. The molecule has 1 aliphatic heterocycles. The van der Waals surface area contributed by atoms with E-state index >= 15 is 0 Å². The number of hydrogen-bond acceptors (Lipinski definition) is 4. The maximum atomic E-state index is 5.78. The summed E-state index contributed by atoms with van der Waals surface area (Å²) in [6.45, 7) is 6.39. The van der Waals surface area contributed by atoms with Crippen LogP contribution in [-0.2, 0) is 0 Å². The van der Waals surface area contributed by atoms with E-state index in [1.807, 2.05) is 0 Å². The van der Waals surface area contributed by atoms with Crippen molar-refractivity contribution >= 4 is 0 Å². The first kappa shape index (κ1) is 11.9. The molecule has 1 unspecified atom stereocenters. The molecule has 0 amide bonds. The molecule has 0 radical (unpaired) electrons. The normalized spacial score (nSPS) is 29.6. The Morgan fingerprint density at radius 3 is 2.21 bits per heavy atom. The summed E-state index contributed by atoms with van der Waals surface area (Å²) in [4.78, 5) is 7.13. The van der Waals surface area contributed by atoms with Crippen molar-refractivity contribution in [3.8, 4) is 0 Å². The standard InChI is InChI=1S/C10H24N4/c1-12-4-5-13(2)9-10(8-11)14(3)7-6-12/h10H,4-9,11H2,1-3H3. The van der Waals surface area contributed by atoms with Gasteiger partial charge in [-0.3, -0.25) is 4.90 Å². The first-order valence-electron chi connectivity index (χ1n) is 5.41. The van der Waals surface area contributed by atoms with Gasteiger partial charge in [0.05, 0.1) is 0 Å². The average Bonchev–Trinajstić information content (AvgIpc) is 2.23. The van der Waals surface area contributed by atoms with Gasteiger partial charge in [0.15, 0.2) is 0 Å². The summed E-state index contributed by atoms with van der Waals surface area (Å²) in [7, 11) is 6.53. The molecule has 0 spiro atoms. The topological polar surface area (TPSA) is 35.7 Å². The molecule has 0 bridgehead atoms. The quantitative estimate of drug-likeness (QED) is 0.596. The fourth-order valence-corrected chi connectivity index (χ4v) is 1.81. The Balaban J connectivity index is 2.53. The van der Waals surface area contributed by atoms with Crippen LogP contribution < -0.4 is 5.73 Å². The zero-order chi connectivity index (χ0) is 10.6. The SMILES string of the molecule is CN1CCN(C)CC(CN)N(C)CC1. The van der Waals surface area contributed by atoms with Crippen molar-refractivity contribution in [2.75, 3.05) is 60.4 Å². The molecular weight excluding hydrogens is 176 g/mol. The molecule has 0 aromatic heterocycles. The number of rotatable bonds is 1. The highest BCUT2D eigenvalue weighted by Gasteiger charge is 2.17. The highest BCUT2D eigenvalue weighted by Crippen LogP contribution is 2.01. The van der Waals surface area contributed by atoms with Crippen molar-refractivity contribution < 1.29 is 0 Å². The molecule has 0 aromatic carbocycles. The van der Waals surface area contributed by atoms with Crippen LogP contribution >= 0.6 is 0 Å². The second kappa shape index (κ2) is 5.66. The Labute approximate surface area is 87.6 Å². The molecule has 1 fully saturated rings. The number of likely N-dealkylation sites (N-methyl/N-ethyl adjacent to an activating group) is 3. The zero-order valence-corrected chi connectivity index (χ0v) is 9.74. The Hall–Kier alpha value is -0.160. The van der Waals surface area contributed by atoms with E-state index in [1.165, 1.54) is 0 Å². The van der Waals surface area contributed by atoms with E-state index in [0.29, 0.717) is 6.04 Å². The molecule has 0 aromatic rings. The molecule has 4 heteroatoms. The minimum atomic E-state index is 0.506. The van der Waals surface area contributed by atoms with E-state index < -0.39 is 0 Å². The predicted octanol–water partition coefficient (Wildman–Crippen LogP) is -0.877. The molecule has 1 rings (SSSR count). The van der Waals surface area contributed by atoms with Crippen LogP contribution in [-0.4, -0.2) is 81.2 Å². The van der Waals surface area contributed by atoms with E-state index in [0.717, 1.165) is 39.3 Å². The second-order valence-electron chi connectivity index (χ2n) is 4.44. The van der Waals surface area contributed by atoms with Crippen LogP contribution in [0.25, 0.3) is 0 Å². The van der Waals surface area contributed by atoms with Crippen LogP contribution in [0.3, 0.4) is 0 Å². The van der Waals surface area contributed by atoms with Crippen LogP contribution in [0.1, 0.15) is 0 Å². The first-order chi connectivity index (χ1) is 6.63. The van der Waals surface area contributed by atoms with Gasteiger partial charge in [-0.25, -0.2) is 0 Å². The molecule has 2 N–H and O–H groups in total. The Kier molecular flexibility index (Phi) is 4.81. The maximum absolute atomic E-state index is 5.78. The molecule has 0 saturated carbocycles. The average molecular weight is 200 g/mol. The van der Waals surface area contributed by atoms with Gasteiger partial charge in [-0.15, -0.1) is 0 Å². The predicted molar refractivity (Wildman–Crippen MR) is 60.5 cm³/mol. The highest BCUT2D eigenvalue weighted by molar-refractivity contribution is 4.76. The Morgan fingerprint density at radius 2 is 1.57 bits per heavy atom. The molecule has 1 atom stereocenters. The monoisotopic (exact) mass is 200 g/mol. The summed E-state index contributed by atoms with van der Waals surface area (Å²) in [6.07, 6.45) is 0. The van der Waals surface area contributed by atoms with Crippen molar-refractivity contribution in [2.45, 2.75) is 6.04 Å².